The summed E-state index contributed by atoms with van der Waals surface area (Å²) in [6, 6.07) is 2.72. The third-order valence-corrected chi connectivity index (χ3v) is 4.17. The molecule has 14 heavy (non-hydrogen) atoms. The number of hydrogen-bond acceptors (Lipinski definition) is 4. The topological polar surface area (TPSA) is 73.3 Å². The van der Waals surface area contributed by atoms with Crippen LogP contribution in [0.4, 0.5) is 0 Å². The van der Waals surface area contributed by atoms with Crippen molar-refractivity contribution >= 4 is 25.8 Å². The molecule has 2 unspecified atom stereocenters. The van der Waals surface area contributed by atoms with Gasteiger partial charge in [-0.05, 0) is 35.0 Å². The lowest BCUT2D eigenvalue weighted by Gasteiger charge is -2.15. The van der Waals surface area contributed by atoms with Gasteiger partial charge in [0.15, 0.2) is 14.5 Å². The van der Waals surface area contributed by atoms with Gasteiger partial charge in [0.2, 0.25) is 0 Å². The molecule has 1 rings (SSSR count). The lowest BCUT2D eigenvalue weighted by Crippen LogP contribution is -2.30. The van der Waals surface area contributed by atoms with Crippen LogP contribution in [0.3, 0.4) is 0 Å². The van der Waals surface area contributed by atoms with Crippen molar-refractivity contribution in [2.24, 2.45) is 5.73 Å². The summed E-state index contributed by atoms with van der Waals surface area (Å²) in [6.07, 6.45) is 1.16. The number of halogens is 1. The van der Waals surface area contributed by atoms with Crippen molar-refractivity contribution in [3.05, 3.63) is 22.6 Å². The molecular formula is C8H12BrNO3S. The fourth-order valence-corrected chi connectivity index (χ4v) is 1.99. The molecule has 0 saturated heterocycles. The largest absolute Gasteiger partial charge is 0.453 e. The Bertz CT molecular complexity index is 412. The Morgan fingerprint density at radius 1 is 1.50 bits per heavy atom. The monoisotopic (exact) mass is 281 g/mol. The number of nitrogens with two attached hydrogens (primary N) is 1. The number of sulfone groups is 1. The van der Waals surface area contributed by atoms with Crippen LogP contribution in [0.2, 0.25) is 0 Å². The normalized spacial score (nSPS) is 16.6. The van der Waals surface area contributed by atoms with Gasteiger partial charge in [0.25, 0.3) is 0 Å². The first-order valence-electron chi connectivity index (χ1n) is 4.02. The van der Waals surface area contributed by atoms with Crippen LogP contribution < -0.4 is 5.73 Å². The fourth-order valence-electron chi connectivity index (χ4n) is 1.01. The molecule has 0 bridgehead atoms. The van der Waals surface area contributed by atoms with Crippen LogP contribution >= 0.6 is 15.9 Å². The fraction of sp³-hybridized carbons (Fsp3) is 0.500. The second-order valence-corrected chi connectivity index (χ2v) is 6.39. The Balaban J connectivity index is 2.91. The maximum absolute atomic E-state index is 11.2. The standard InChI is InChI=1S/C8H12BrNO3S/c1-5(14(2,11)12)8(10)6-3-4-7(9)13-6/h3-5,8H,10H2,1-2H3. The molecule has 0 aliphatic rings. The maximum Gasteiger partial charge on any atom is 0.169 e. The number of rotatable bonds is 3. The lowest BCUT2D eigenvalue weighted by atomic mass is 10.2. The van der Waals surface area contributed by atoms with Crippen LogP contribution in [0.5, 0.6) is 0 Å². The third kappa shape index (κ3) is 2.59. The molecule has 1 aromatic heterocycles. The van der Waals surface area contributed by atoms with Crippen LogP contribution in [0.15, 0.2) is 21.2 Å². The summed E-state index contributed by atoms with van der Waals surface area (Å²) in [7, 11) is -3.14. The minimum Gasteiger partial charge on any atom is -0.453 e. The first-order chi connectivity index (χ1) is 6.32. The zero-order valence-corrected chi connectivity index (χ0v) is 10.3. The van der Waals surface area contributed by atoms with E-state index in [1.807, 2.05) is 0 Å². The summed E-state index contributed by atoms with van der Waals surface area (Å²) in [6.45, 7) is 1.57. The van der Waals surface area contributed by atoms with Gasteiger partial charge in [0, 0.05) is 6.26 Å². The van der Waals surface area contributed by atoms with Crippen LogP contribution in [0.1, 0.15) is 18.7 Å². The molecule has 1 aromatic rings. The van der Waals surface area contributed by atoms with E-state index in [-0.39, 0.29) is 0 Å². The SMILES string of the molecule is CC(C(N)c1ccc(Br)o1)S(C)(=O)=O. The number of hydrogen-bond donors (Lipinski definition) is 1. The molecule has 0 amide bonds. The van der Waals surface area contributed by atoms with Crippen LogP contribution in [0.25, 0.3) is 0 Å². The van der Waals surface area contributed by atoms with Gasteiger partial charge in [0.1, 0.15) is 5.76 Å². The first-order valence-corrected chi connectivity index (χ1v) is 6.77. The Morgan fingerprint density at radius 3 is 2.43 bits per heavy atom. The van der Waals surface area contributed by atoms with Gasteiger partial charge in [-0.1, -0.05) is 0 Å². The van der Waals surface area contributed by atoms with E-state index in [4.69, 9.17) is 10.2 Å². The molecule has 2 atom stereocenters. The quantitative estimate of drug-likeness (QED) is 0.911. The molecule has 0 aliphatic carbocycles. The maximum atomic E-state index is 11.2. The van der Waals surface area contributed by atoms with Gasteiger partial charge in [-0.25, -0.2) is 8.42 Å². The van der Waals surface area contributed by atoms with Gasteiger partial charge in [-0.15, -0.1) is 0 Å². The Morgan fingerprint density at radius 2 is 2.07 bits per heavy atom. The van der Waals surface area contributed by atoms with Gasteiger partial charge in [0.05, 0.1) is 11.3 Å². The van der Waals surface area contributed by atoms with Crippen molar-refractivity contribution in [2.75, 3.05) is 6.26 Å². The van der Waals surface area contributed by atoms with Crippen molar-refractivity contribution in [1.82, 2.24) is 0 Å². The highest BCUT2D eigenvalue weighted by molar-refractivity contribution is 9.10. The van der Waals surface area contributed by atoms with Crippen LogP contribution in [0, 0.1) is 0 Å². The van der Waals surface area contributed by atoms with Crippen molar-refractivity contribution in [1.29, 1.82) is 0 Å². The molecule has 0 aromatic carbocycles. The van der Waals surface area contributed by atoms with E-state index in [9.17, 15) is 8.42 Å². The zero-order valence-electron chi connectivity index (χ0n) is 7.90. The molecule has 1 heterocycles. The van der Waals surface area contributed by atoms with Crippen LogP contribution in [-0.2, 0) is 9.84 Å². The Labute approximate surface area is 91.5 Å². The summed E-state index contributed by atoms with van der Waals surface area (Å²) in [5.74, 6) is 0.467. The van der Waals surface area contributed by atoms with E-state index in [2.05, 4.69) is 15.9 Å². The second-order valence-electron chi connectivity index (χ2n) is 3.20. The van der Waals surface area contributed by atoms with E-state index >= 15 is 0 Å². The molecule has 0 saturated carbocycles. The predicted molar refractivity (Wildman–Crippen MR) is 57.6 cm³/mol. The van der Waals surface area contributed by atoms with Gasteiger partial charge in [-0.2, -0.15) is 0 Å². The van der Waals surface area contributed by atoms with Crippen molar-refractivity contribution in [3.63, 3.8) is 0 Å². The molecular weight excluding hydrogens is 270 g/mol. The summed E-state index contributed by atoms with van der Waals surface area (Å²) < 4.78 is 28.2. The summed E-state index contributed by atoms with van der Waals surface area (Å²) in [5.41, 5.74) is 5.74. The zero-order chi connectivity index (χ0) is 10.9. The highest BCUT2D eigenvalue weighted by atomic mass is 79.9. The molecule has 0 radical (unpaired) electrons. The highest BCUT2D eigenvalue weighted by Crippen LogP contribution is 2.23. The molecule has 4 nitrogen and oxygen atoms in total. The van der Waals surface area contributed by atoms with Crippen LogP contribution in [-0.4, -0.2) is 19.9 Å². The molecule has 6 heteroatoms. The molecule has 2 N–H and O–H groups in total. The van der Waals surface area contributed by atoms with E-state index in [0.717, 1.165) is 6.26 Å². The van der Waals surface area contributed by atoms with Crippen molar-refractivity contribution < 1.29 is 12.8 Å². The summed E-state index contributed by atoms with van der Waals surface area (Å²) in [5, 5.41) is -0.652. The molecule has 0 aliphatic heterocycles. The van der Waals surface area contributed by atoms with E-state index in [1.165, 1.54) is 0 Å². The predicted octanol–water partition coefficient (Wildman–Crippen LogP) is 1.48. The average molecular weight is 282 g/mol. The van der Waals surface area contributed by atoms with E-state index in [1.54, 1.807) is 19.1 Å². The van der Waals surface area contributed by atoms with Gasteiger partial charge >= 0.3 is 0 Å². The van der Waals surface area contributed by atoms with Gasteiger partial charge in [-0.3, -0.25) is 0 Å². The second kappa shape index (κ2) is 4.04. The minimum absolute atomic E-state index is 0.467. The smallest absolute Gasteiger partial charge is 0.169 e. The molecule has 0 fully saturated rings. The lowest BCUT2D eigenvalue weighted by molar-refractivity contribution is 0.441. The Hall–Kier alpha value is -0.330. The van der Waals surface area contributed by atoms with E-state index in [0.29, 0.717) is 10.4 Å². The highest BCUT2D eigenvalue weighted by Gasteiger charge is 2.26. The third-order valence-electron chi connectivity index (χ3n) is 2.10. The Kier molecular flexibility index (Phi) is 3.39. The minimum atomic E-state index is -3.14. The summed E-state index contributed by atoms with van der Waals surface area (Å²) in [4.78, 5) is 0. The molecule has 80 valence electrons. The average Bonchev–Trinajstić information content (AvgIpc) is 2.47. The van der Waals surface area contributed by atoms with Gasteiger partial charge < -0.3 is 10.2 Å². The van der Waals surface area contributed by atoms with Crippen molar-refractivity contribution in [3.8, 4) is 0 Å². The van der Waals surface area contributed by atoms with Crippen molar-refractivity contribution in [2.45, 2.75) is 18.2 Å². The first kappa shape index (κ1) is 11.7. The number of furan rings is 1. The summed E-state index contributed by atoms with van der Waals surface area (Å²) >= 11 is 3.13. The van der Waals surface area contributed by atoms with E-state index < -0.39 is 21.1 Å². The molecule has 0 spiro atoms.